The van der Waals surface area contributed by atoms with Crippen LogP contribution in [0.25, 0.3) is 0 Å². The van der Waals surface area contributed by atoms with Gasteiger partial charge in [-0.2, -0.15) is 0 Å². The second-order valence-corrected chi connectivity index (χ2v) is 3.89. The molecule has 2 saturated heterocycles. The summed E-state index contributed by atoms with van der Waals surface area (Å²) in [5.74, 6) is 0.571. The van der Waals surface area contributed by atoms with Crippen LogP contribution in [0.1, 0.15) is 6.42 Å². The summed E-state index contributed by atoms with van der Waals surface area (Å²) in [6, 6.07) is 0.998. The Hall–Kier alpha value is -1.36. The number of aromatic nitrogens is 2. The van der Waals surface area contributed by atoms with Gasteiger partial charge in [0.2, 0.25) is 0 Å². The second-order valence-electron chi connectivity index (χ2n) is 3.89. The zero-order chi connectivity index (χ0) is 9.54. The molecular weight excluding hydrogens is 180 g/mol. The SMILES string of the molecule is O=c1[nH]ccnc1N1CC2CC1CN2. The van der Waals surface area contributed by atoms with Gasteiger partial charge in [0.1, 0.15) is 0 Å². The predicted molar refractivity (Wildman–Crippen MR) is 52.4 cm³/mol. The summed E-state index contributed by atoms with van der Waals surface area (Å²) in [5.41, 5.74) is -0.0833. The minimum atomic E-state index is -0.0833. The summed E-state index contributed by atoms with van der Waals surface area (Å²) < 4.78 is 0. The molecular formula is C9H12N4O. The van der Waals surface area contributed by atoms with Crippen molar-refractivity contribution in [3.05, 3.63) is 22.7 Å². The van der Waals surface area contributed by atoms with E-state index in [4.69, 9.17) is 0 Å². The molecule has 2 fully saturated rings. The van der Waals surface area contributed by atoms with E-state index in [1.54, 1.807) is 12.4 Å². The van der Waals surface area contributed by atoms with Crippen molar-refractivity contribution in [2.24, 2.45) is 0 Å². The topological polar surface area (TPSA) is 61.0 Å². The van der Waals surface area contributed by atoms with E-state index in [9.17, 15) is 4.79 Å². The third-order valence-corrected chi connectivity index (χ3v) is 3.02. The number of hydrogen-bond donors (Lipinski definition) is 2. The highest BCUT2D eigenvalue weighted by molar-refractivity contribution is 5.40. The number of H-pyrrole nitrogens is 1. The van der Waals surface area contributed by atoms with Gasteiger partial charge < -0.3 is 15.2 Å². The van der Waals surface area contributed by atoms with E-state index >= 15 is 0 Å². The third-order valence-electron chi connectivity index (χ3n) is 3.02. The molecule has 14 heavy (non-hydrogen) atoms. The maximum atomic E-state index is 11.5. The van der Waals surface area contributed by atoms with Crippen molar-refractivity contribution < 1.29 is 0 Å². The van der Waals surface area contributed by atoms with Crippen molar-refractivity contribution >= 4 is 5.82 Å². The van der Waals surface area contributed by atoms with Gasteiger partial charge in [-0.3, -0.25) is 4.79 Å². The molecule has 2 atom stereocenters. The van der Waals surface area contributed by atoms with Crippen molar-refractivity contribution in [2.75, 3.05) is 18.0 Å². The van der Waals surface area contributed by atoms with Crippen molar-refractivity contribution in [3.8, 4) is 0 Å². The number of fused-ring (bicyclic) bond motifs is 2. The smallest absolute Gasteiger partial charge is 0.290 e. The van der Waals surface area contributed by atoms with Crippen LogP contribution in [0.2, 0.25) is 0 Å². The maximum absolute atomic E-state index is 11.5. The van der Waals surface area contributed by atoms with Gasteiger partial charge in [0.25, 0.3) is 5.56 Å². The fraction of sp³-hybridized carbons (Fsp3) is 0.556. The number of nitrogens with one attached hydrogen (secondary N) is 2. The maximum Gasteiger partial charge on any atom is 0.290 e. The summed E-state index contributed by atoms with van der Waals surface area (Å²) in [4.78, 5) is 20.4. The van der Waals surface area contributed by atoms with Crippen LogP contribution < -0.4 is 15.8 Å². The molecule has 0 spiro atoms. The Labute approximate surface area is 81.2 Å². The summed E-state index contributed by atoms with van der Waals surface area (Å²) >= 11 is 0. The summed E-state index contributed by atoms with van der Waals surface area (Å²) in [6.45, 7) is 1.88. The van der Waals surface area contributed by atoms with Crippen LogP contribution in [0.3, 0.4) is 0 Å². The number of piperazine rings is 1. The molecule has 0 radical (unpaired) electrons. The predicted octanol–water partition coefficient (Wildman–Crippen LogP) is -0.680. The van der Waals surface area contributed by atoms with E-state index in [0.717, 1.165) is 19.5 Å². The molecule has 0 aromatic carbocycles. The van der Waals surface area contributed by atoms with E-state index in [-0.39, 0.29) is 5.56 Å². The fourth-order valence-corrected chi connectivity index (χ4v) is 2.37. The molecule has 0 amide bonds. The Balaban J connectivity index is 1.97. The lowest BCUT2D eigenvalue weighted by Gasteiger charge is -2.27. The van der Waals surface area contributed by atoms with E-state index in [2.05, 4.69) is 20.2 Å². The number of anilines is 1. The van der Waals surface area contributed by atoms with Gasteiger partial charge >= 0.3 is 0 Å². The Morgan fingerprint density at radius 1 is 1.57 bits per heavy atom. The molecule has 0 aliphatic carbocycles. The number of hydrogen-bond acceptors (Lipinski definition) is 4. The minimum Gasteiger partial charge on any atom is -0.346 e. The average molecular weight is 192 g/mol. The van der Waals surface area contributed by atoms with Crippen LogP contribution in [0.15, 0.2) is 17.2 Å². The van der Waals surface area contributed by atoms with Gasteiger partial charge in [0.05, 0.1) is 0 Å². The lowest BCUT2D eigenvalue weighted by atomic mass is 10.2. The molecule has 1 aromatic rings. The number of aromatic amines is 1. The zero-order valence-corrected chi connectivity index (χ0v) is 7.73. The van der Waals surface area contributed by atoms with Crippen molar-refractivity contribution in [3.63, 3.8) is 0 Å². The van der Waals surface area contributed by atoms with Gasteiger partial charge in [0.15, 0.2) is 5.82 Å². The largest absolute Gasteiger partial charge is 0.346 e. The van der Waals surface area contributed by atoms with Crippen molar-refractivity contribution in [1.29, 1.82) is 0 Å². The molecule has 2 unspecified atom stereocenters. The molecule has 2 aliphatic heterocycles. The summed E-state index contributed by atoms with van der Waals surface area (Å²) in [6.07, 6.45) is 4.34. The van der Waals surface area contributed by atoms with Crippen LogP contribution in [0, 0.1) is 0 Å². The van der Waals surface area contributed by atoms with Gasteiger partial charge in [-0.15, -0.1) is 0 Å². The van der Waals surface area contributed by atoms with Gasteiger partial charge in [-0.25, -0.2) is 4.98 Å². The monoisotopic (exact) mass is 192 g/mol. The standard InChI is InChI=1S/C9H12N4O/c14-9-8(10-1-2-11-9)13-5-6-3-7(13)4-12-6/h1-2,6-7,12H,3-5H2,(H,11,14). The number of rotatable bonds is 1. The summed E-state index contributed by atoms with van der Waals surface area (Å²) in [7, 11) is 0. The van der Waals surface area contributed by atoms with Crippen LogP contribution in [0.4, 0.5) is 5.82 Å². The van der Waals surface area contributed by atoms with Crippen LogP contribution in [-0.4, -0.2) is 35.1 Å². The fourth-order valence-electron chi connectivity index (χ4n) is 2.37. The molecule has 2 aliphatic rings. The van der Waals surface area contributed by atoms with Gasteiger partial charge in [0, 0.05) is 37.6 Å². The van der Waals surface area contributed by atoms with E-state index < -0.39 is 0 Å². The molecule has 3 heterocycles. The molecule has 5 heteroatoms. The third kappa shape index (κ3) is 1.05. The second kappa shape index (κ2) is 2.81. The quantitative estimate of drug-likeness (QED) is 0.619. The van der Waals surface area contributed by atoms with Crippen LogP contribution >= 0.6 is 0 Å². The Bertz CT molecular complexity index is 402. The highest BCUT2D eigenvalue weighted by Crippen LogP contribution is 2.25. The minimum absolute atomic E-state index is 0.0833. The first-order valence-corrected chi connectivity index (χ1v) is 4.88. The highest BCUT2D eigenvalue weighted by Gasteiger charge is 2.38. The van der Waals surface area contributed by atoms with Crippen molar-refractivity contribution in [2.45, 2.75) is 18.5 Å². The first-order chi connectivity index (χ1) is 6.84. The molecule has 3 rings (SSSR count). The van der Waals surface area contributed by atoms with Crippen LogP contribution in [-0.2, 0) is 0 Å². The first-order valence-electron chi connectivity index (χ1n) is 4.88. The molecule has 2 bridgehead atoms. The molecule has 1 aromatic heterocycles. The summed E-state index contributed by atoms with van der Waals surface area (Å²) in [5, 5.41) is 3.39. The Morgan fingerprint density at radius 2 is 2.50 bits per heavy atom. The number of nitrogens with zero attached hydrogens (tertiary/aromatic N) is 2. The lowest BCUT2D eigenvalue weighted by Crippen LogP contribution is -2.45. The molecule has 2 N–H and O–H groups in total. The van der Waals surface area contributed by atoms with Crippen LogP contribution in [0.5, 0.6) is 0 Å². The van der Waals surface area contributed by atoms with E-state index in [0.29, 0.717) is 17.9 Å². The zero-order valence-electron chi connectivity index (χ0n) is 7.73. The average Bonchev–Trinajstić information content (AvgIpc) is 2.79. The lowest BCUT2D eigenvalue weighted by molar-refractivity contribution is 0.574. The highest BCUT2D eigenvalue weighted by atomic mass is 16.1. The van der Waals surface area contributed by atoms with Gasteiger partial charge in [-0.1, -0.05) is 0 Å². The molecule has 5 nitrogen and oxygen atoms in total. The molecule has 0 saturated carbocycles. The Morgan fingerprint density at radius 3 is 3.14 bits per heavy atom. The van der Waals surface area contributed by atoms with E-state index in [1.807, 2.05) is 0 Å². The normalized spacial score (nSPS) is 29.9. The van der Waals surface area contributed by atoms with Gasteiger partial charge in [-0.05, 0) is 6.42 Å². The first kappa shape index (κ1) is 7.99. The Kier molecular flexibility index (Phi) is 1.61. The van der Waals surface area contributed by atoms with E-state index in [1.165, 1.54) is 0 Å². The van der Waals surface area contributed by atoms with Crippen molar-refractivity contribution in [1.82, 2.24) is 15.3 Å². The molecule has 74 valence electrons.